The van der Waals surface area contributed by atoms with E-state index < -0.39 is 0 Å². The van der Waals surface area contributed by atoms with Crippen molar-refractivity contribution in [2.75, 3.05) is 19.8 Å². The van der Waals surface area contributed by atoms with E-state index in [1.165, 1.54) is 0 Å². The summed E-state index contributed by atoms with van der Waals surface area (Å²) in [6, 6.07) is 6.55. The van der Waals surface area contributed by atoms with Gasteiger partial charge in [-0.3, -0.25) is 4.98 Å². The highest BCUT2D eigenvalue weighted by molar-refractivity contribution is 5.05. The summed E-state index contributed by atoms with van der Waals surface area (Å²) in [5, 5.41) is 3.56. The van der Waals surface area contributed by atoms with Crippen LogP contribution >= 0.6 is 0 Å². The normalized spacial score (nSPS) is 12.6. The molecule has 0 aliphatic heterocycles. The summed E-state index contributed by atoms with van der Waals surface area (Å²) in [5.41, 5.74) is 1.15. The van der Waals surface area contributed by atoms with Crippen LogP contribution in [0.5, 0.6) is 0 Å². The molecule has 0 saturated heterocycles. The highest BCUT2D eigenvalue weighted by atomic mass is 16.5. The second kappa shape index (κ2) is 9.14. The number of nitrogens with one attached hydrogen (secondary N) is 1. The lowest BCUT2D eigenvalue weighted by Gasteiger charge is -2.18. The Morgan fingerprint density at radius 3 is 2.88 bits per heavy atom. The molecule has 0 saturated carbocycles. The van der Waals surface area contributed by atoms with Crippen LogP contribution in [0.25, 0.3) is 0 Å². The molecule has 1 aromatic rings. The fraction of sp³-hybridized carbons (Fsp3) is 0.643. The molecule has 0 aliphatic rings. The van der Waals surface area contributed by atoms with E-state index in [0.717, 1.165) is 44.7 Å². The minimum atomic E-state index is 0.469. The van der Waals surface area contributed by atoms with Crippen LogP contribution < -0.4 is 5.32 Å². The summed E-state index contributed by atoms with van der Waals surface area (Å²) in [6.45, 7) is 6.90. The molecule has 0 aliphatic carbocycles. The first-order chi connectivity index (χ1) is 8.36. The molecule has 0 aromatic carbocycles. The van der Waals surface area contributed by atoms with Crippen molar-refractivity contribution in [1.29, 1.82) is 0 Å². The van der Waals surface area contributed by atoms with E-state index in [9.17, 15) is 0 Å². The number of rotatable bonds is 9. The lowest BCUT2D eigenvalue weighted by atomic mass is 10.1. The van der Waals surface area contributed by atoms with Crippen molar-refractivity contribution in [3.05, 3.63) is 30.1 Å². The van der Waals surface area contributed by atoms with Crippen molar-refractivity contribution in [2.24, 2.45) is 0 Å². The monoisotopic (exact) mass is 236 g/mol. The van der Waals surface area contributed by atoms with Gasteiger partial charge in [0.25, 0.3) is 0 Å². The van der Waals surface area contributed by atoms with E-state index in [1.807, 2.05) is 25.3 Å². The first-order valence-electron chi connectivity index (χ1n) is 6.57. The fourth-order valence-electron chi connectivity index (χ4n) is 1.77. The number of hydrogen-bond donors (Lipinski definition) is 1. The molecule has 0 radical (unpaired) electrons. The average Bonchev–Trinajstić information content (AvgIpc) is 2.37. The van der Waals surface area contributed by atoms with E-state index in [0.29, 0.717) is 6.04 Å². The topological polar surface area (TPSA) is 34.1 Å². The minimum Gasteiger partial charge on any atom is -0.382 e. The Morgan fingerprint density at radius 2 is 2.24 bits per heavy atom. The molecule has 0 fully saturated rings. The van der Waals surface area contributed by atoms with Gasteiger partial charge in [-0.15, -0.1) is 0 Å². The van der Waals surface area contributed by atoms with E-state index in [4.69, 9.17) is 4.74 Å². The van der Waals surface area contributed by atoms with Gasteiger partial charge >= 0.3 is 0 Å². The summed E-state index contributed by atoms with van der Waals surface area (Å²) in [5.74, 6) is 0. The number of nitrogens with zero attached hydrogens (tertiary/aromatic N) is 1. The molecule has 0 spiro atoms. The maximum absolute atomic E-state index is 5.42. The summed E-state index contributed by atoms with van der Waals surface area (Å²) in [7, 11) is 0. The Labute approximate surface area is 105 Å². The quantitative estimate of drug-likeness (QED) is 0.669. The van der Waals surface area contributed by atoms with E-state index in [2.05, 4.69) is 23.3 Å². The maximum Gasteiger partial charge on any atom is 0.0480 e. The van der Waals surface area contributed by atoms with Gasteiger partial charge in [-0.25, -0.2) is 0 Å². The molecule has 1 heterocycles. The highest BCUT2D eigenvalue weighted by Gasteiger charge is 2.09. The fourth-order valence-corrected chi connectivity index (χ4v) is 1.77. The molecule has 1 aromatic heterocycles. The van der Waals surface area contributed by atoms with E-state index >= 15 is 0 Å². The zero-order valence-electron chi connectivity index (χ0n) is 11.0. The largest absolute Gasteiger partial charge is 0.382 e. The number of ether oxygens (including phenoxy) is 1. The van der Waals surface area contributed by atoms with Crippen LogP contribution in [0.4, 0.5) is 0 Å². The minimum absolute atomic E-state index is 0.469. The molecule has 3 heteroatoms. The Kier molecular flexibility index (Phi) is 7.60. The lowest BCUT2D eigenvalue weighted by molar-refractivity contribution is 0.136. The van der Waals surface area contributed by atoms with Crippen molar-refractivity contribution >= 4 is 0 Å². The third-order valence-corrected chi connectivity index (χ3v) is 2.68. The SMILES string of the molecule is CCCNC(CCOCC)Cc1ccccn1. The third-order valence-electron chi connectivity index (χ3n) is 2.68. The van der Waals surface area contributed by atoms with Crippen LogP contribution in [0, 0.1) is 0 Å². The second-order valence-corrected chi connectivity index (χ2v) is 4.16. The first-order valence-corrected chi connectivity index (χ1v) is 6.57. The molecule has 0 amide bonds. The van der Waals surface area contributed by atoms with Gasteiger partial charge in [0.2, 0.25) is 0 Å². The van der Waals surface area contributed by atoms with Crippen LogP contribution in [0.1, 0.15) is 32.4 Å². The van der Waals surface area contributed by atoms with Gasteiger partial charge in [0, 0.05) is 37.6 Å². The van der Waals surface area contributed by atoms with E-state index in [-0.39, 0.29) is 0 Å². The van der Waals surface area contributed by atoms with Crippen LogP contribution in [0.3, 0.4) is 0 Å². The van der Waals surface area contributed by atoms with Crippen LogP contribution in [0.15, 0.2) is 24.4 Å². The number of pyridine rings is 1. The summed E-state index contributed by atoms with van der Waals surface area (Å²) in [6.07, 6.45) is 5.04. The van der Waals surface area contributed by atoms with Gasteiger partial charge < -0.3 is 10.1 Å². The van der Waals surface area contributed by atoms with Crippen LogP contribution in [-0.4, -0.2) is 30.8 Å². The van der Waals surface area contributed by atoms with Gasteiger partial charge in [-0.05, 0) is 38.4 Å². The Morgan fingerprint density at radius 1 is 1.35 bits per heavy atom. The maximum atomic E-state index is 5.42. The van der Waals surface area contributed by atoms with Crippen molar-refractivity contribution < 1.29 is 4.74 Å². The van der Waals surface area contributed by atoms with Gasteiger partial charge in [0.15, 0.2) is 0 Å². The second-order valence-electron chi connectivity index (χ2n) is 4.16. The smallest absolute Gasteiger partial charge is 0.0480 e. The molecule has 1 atom stereocenters. The third kappa shape index (κ3) is 6.39. The Bertz CT molecular complexity index is 277. The highest BCUT2D eigenvalue weighted by Crippen LogP contribution is 2.03. The van der Waals surface area contributed by atoms with Crippen molar-refractivity contribution in [3.63, 3.8) is 0 Å². The standard InChI is InChI=1S/C14H24N2O/c1-3-9-15-14(8-11-17-4-2)12-13-7-5-6-10-16-13/h5-7,10,14-15H,3-4,8-9,11-12H2,1-2H3. The molecule has 1 N–H and O–H groups in total. The summed E-state index contributed by atoms with van der Waals surface area (Å²) >= 11 is 0. The van der Waals surface area contributed by atoms with Crippen molar-refractivity contribution in [2.45, 2.75) is 39.2 Å². The summed E-state index contributed by atoms with van der Waals surface area (Å²) < 4.78 is 5.42. The Balaban J connectivity index is 2.39. The average molecular weight is 236 g/mol. The zero-order valence-corrected chi connectivity index (χ0v) is 11.0. The number of aromatic nitrogens is 1. The van der Waals surface area contributed by atoms with Crippen molar-refractivity contribution in [3.8, 4) is 0 Å². The molecule has 17 heavy (non-hydrogen) atoms. The van der Waals surface area contributed by atoms with Crippen molar-refractivity contribution in [1.82, 2.24) is 10.3 Å². The van der Waals surface area contributed by atoms with Crippen LogP contribution in [-0.2, 0) is 11.2 Å². The number of hydrogen-bond acceptors (Lipinski definition) is 3. The Hall–Kier alpha value is -0.930. The van der Waals surface area contributed by atoms with Crippen LogP contribution in [0.2, 0.25) is 0 Å². The predicted octanol–water partition coefficient (Wildman–Crippen LogP) is 2.42. The molecule has 0 bridgehead atoms. The van der Waals surface area contributed by atoms with Gasteiger partial charge in [-0.1, -0.05) is 13.0 Å². The lowest BCUT2D eigenvalue weighted by Crippen LogP contribution is -2.33. The molecular weight excluding hydrogens is 212 g/mol. The van der Waals surface area contributed by atoms with Gasteiger partial charge in [0.05, 0.1) is 0 Å². The molecule has 3 nitrogen and oxygen atoms in total. The molecule has 1 unspecified atom stereocenters. The summed E-state index contributed by atoms with van der Waals surface area (Å²) in [4.78, 5) is 4.37. The zero-order chi connectivity index (χ0) is 12.3. The van der Waals surface area contributed by atoms with Gasteiger partial charge in [-0.2, -0.15) is 0 Å². The van der Waals surface area contributed by atoms with Gasteiger partial charge in [0.1, 0.15) is 0 Å². The molecule has 1 rings (SSSR count). The molecule has 96 valence electrons. The van der Waals surface area contributed by atoms with E-state index in [1.54, 1.807) is 0 Å². The first kappa shape index (κ1) is 14.1. The predicted molar refractivity (Wildman–Crippen MR) is 71.1 cm³/mol. The molecular formula is C14H24N2O.